The van der Waals surface area contributed by atoms with Gasteiger partial charge in [0.05, 0.1) is 17.9 Å². The number of carbonyl (C=O) groups is 1. The average Bonchev–Trinajstić information content (AvgIpc) is 2.73. The average molecular weight is 291 g/mol. The van der Waals surface area contributed by atoms with Gasteiger partial charge in [-0.3, -0.25) is 4.79 Å². The van der Waals surface area contributed by atoms with E-state index in [4.69, 9.17) is 14.6 Å². The summed E-state index contributed by atoms with van der Waals surface area (Å²) in [5, 5.41) is 10.4. The van der Waals surface area contributed by atoms with Gasteiger partial charge in [-0.1, -0.05) is 11.8 Å². The van der Waals surface area contributed by atoms with Crippen LogP contribution in [-0.4, -0.2) is 41.3 Å². The molecule has 0 atom stereocenters. The quantitative estimate of drug-likeness (QED) is 0.556. The summed E-state index contributed by atoms with van der Waals surface area (Å²) < 4.78 is 11.7. The van der Waals surface area contributed by atoms with Crippen LogP contribution in [0.2, 0.25) is 0 Å². The van der Waals surface area contributed by atoms with Crippen molar-refractivity contribution in [3.63, 3.8) is 0 Å². The Morgan fingerprint density at radius 1 is 1.50 bits per heavy atom. The van der Waals surface area contributed by atoms with Gasteiger partial charge in [0, 0.05) is 18.6 Å². The number of thiazole rings is 1. The molecule has 0 amide bonds. The van der Waals surface area contributed by atoms with Crippen LogP contribution in [0.25, 0.3) is 0 Å². The van der Waals surface area contributed by atoms with Gasteiger partial charge in [0.15, 0.2) is 6.29 Å². The van der Waals surface area contributed by atoms with Crippen LogP contribution in [0.1, 0.15) is 19.5 Å². The molecule has 1 rings (SSSR count). The molecule has 0 aliphatic heterocycles. The fraction of sp³-hybridized carbons (Fsp3) is 0.636. The van der Waals surface area contributed by atoms with Gasteiger partial charge in [-0.25, -0.2) is 4.98 Å². The van der Waals surface area contributed by atoms with Crippen LogP contribution in [-0.2, 0) is 20.7 Å². The van der Waals surface area contributed by atoms with Crippen molar-refractivity contribution in [1.82, 2.24) is 4.98 Å². The standard InChI is InChI=1S/C11H17NO4S2/c1-3-15-10(16-4-2)7-18-11-12-8(6-17-11)5-9(13)14/h6,10H,3-5,7H2,1-2H3,(H,13,14). The Bertz CT molecular complexity index is 364. The van der Waals surface area contributed by atoms with Crippen LogP contribution in [0.3, 0.4) is 0 Å². The van der Waals surface area contributed by atoms with Crippen LogP contribution in [0.15, 0.2) is 9.72 Å². The highest BCUT2D eigenvalue weighted by atomic mass is 32.2. The van der Waals surface area contributed by atoms with E-state index in [1.807, 2.05) is 13.8 Å². The van der Waals surface area contributed by atoms with Crippen molar-refractivity contribution >= 4 is 29.1 Å². The normalized spacial score (nSPS) is 11.1. The molecule has 0 unspecified atom stereocenters. The third-order valence-electron chi connectivity index (χ3n) is 1.91. The second-order valence-electron chi connectivity index (χ2n) is 3.33. The highest BCUT2D eigenvalue weighted by Crippen LogP contribution is 2.24. The molecule has 18 heavy (non-hydrogen) atoms. The maximum atomic E-state index is 10.5. The number of aliphatic carboxylic acids is 1. The summed E-state index contributed by atoms with van der Waals surface area (Å²) in [6, 6.07) is 0. The highest BCUT2D eigenvalue weighted by Gasteiger charge is 2.11. The number of nitrogens with zero attached hydrogens (tertiary/aromatic N) is 1. The molecule has 0 spiro atoms. The van der Waals surface area contributed by atoms with Crippen LogP contribution in [0.4, 0.5) is 0 Å². The first-order valence-corrected chi connectivity index (χ1v) is 7.54. The largest absolute Gasteiger partial charge is 0.481 e. The Morgan fingerprint density at radius 3 is 2.72 bits per heavy atom. The lowest BCUT2D eigenvalue weighted by atomic mass is 10.3. The number of hydrogen-bond acceptors (Lipinski definition) is 6. The number of aromatic nitrogens is 1. The van der Waals surface area contributed by atoms with Gasteiger partial charge in [-0.05, 0) is 13.8 Å². The molecule has 0 saturated carbocycles. The lowest BCUT2D eigenvalue weighted by Crippen LogP contribution is -2.19. The molecule has 1 N–H and O–H groups in total. The van der Waals surface area contributed by atoms with Crippen molar-refractivity contribution in [3.05, 3.63) is 11.1 Å². The minimum absolute atomic E-state index is 0.0303. The molecule has 1 aromatic rings. The zero-order valence-electron chi connectivity index (χ0n) is 10.4. The number of hydrogen-bond donors (Lipinski definition) is 1. The molecule has 7 heteroatoms. The zero-order chi connectivity index (χ0) is 13.4. The first kappa shape index (κ1) is 15.4. The van der Waals surface area contributed by atoms with E-state index in [1.54, 1.807) is 5.38 Å². The van der Waals surface area contributed by atoms with Gasteiger partial charge in [-0.2, -0.15) is 0 Å². The lowest BCUT2D eigenvalue weighted by molar-refractivity contribution is -0.136. The smallest absolute Gasteiger partial charge is 0.309 e. The topological polar surface area (TPSA) is 68.7 Å². The predicted octanol–water partition coefficient (Wildman–Crippen LogP) is 2.26. The Morgan fingerprint density at radius 2 is 2.17 bits per heavy atom. The Labute approximate surface area is 115 Å². The molecular formula is C11H17NO4S2. The van der Waals surface area contributed by atoms with Crippen LogP contribution in [0, 0.1) is 0 Å². The van der Waals surface area contributed by atoms with Crippen LogP contribution >= 0.6 is 23.1 Å². The van der Waals surface area contributed by atoms with E-state index in [0.717, 1.165) is 4.34 Å². The second-order valence-corrected chi connectivity index (χ2v) is 5.45. The van der Waals surface area contributed by atoms with E-state index in [-0.39, 0.29) is 12.7 Å². The Balaban J connectivity index is 2.41. The molecule has 0 saturated heterocycles. The molecule has 0 aliphatic carbocycles. The van der Waals surface area contributed by atoms with Crippen LogP contribution in [0.5, 0.6) is 0 Å². The molecular weight excluding hydrogens is 274 g/mol. The Hall–Kier alpha value is -0.630. The molecule has 5 nitrogen and oxygen atoms in total. The van der Waals surface area contributed by atoms with Gasteiger partial charge >= 0.3 is 5.97 Å². The molecule has 0 bridgehead atoms. The van der Waals surface area contributed by atoms with Gasteiger partial charge in [0.1, 0.15) is 4.34 Å². The summed E-state index contributed by atoms with van der Waals surface area (Å²) in [6.45, 7) is 5.05. The number of ether oxygens (including phenoxy) is 2. The van der Waals surface area contributed by atoms with Gasteiger partial charge in [0.2, 0.25) is 0 Å². The summed E-state index contributed by atoms with van der Waals surface area (Å²) in [4.78, 5) is 14.8. The van der Waals surface area contributed by atoms with E-state index >= 15 is 0 Å². The second kappa shape index (κ2) is 8.47. The van der Waals surface area contributed by atoms with Crippen molar-refractivity contribution in [2.24, 2.45) is 0 Å². The highest BCUT2D eigenvalue weighted by molar-refractivity contribution is 8.01. The lowest BCUT2D eigenvalue weighted by Gasteiger charge is -2.15. The fourth-order valence-corrected chi connectivity index (χ4v) is 3.06. The monoisotopic (exact) mass is 291 g/mol. The SMILES string of the molecule is CCOC(CSc1nc(CC(=O)O)cs1)OCC. The minimum Gasteiger partial charge on any atom is -0.481 e. The van der Waals surface area contributed by atoms with E-state index in [2.05, 4.69) is 4.98 Å². The molecule has 0 aliphatic rings. The molecule has 0 radical (unpaired) electrons. The van der Waals surface area contributed by atoms with E-state index in [1.165, 1.54) is 23.1 Å². The van der Waals surface area contributed by atoms with E-state index in [9.17, 15) is 4.79 Å². The third kappa shape index (κ3) is 5.81. The number of carboxylic acids is 1. The van der Waals surface area contributed by atoms with Gasteiger partial charge in [0.25, 0.3) is 0 Å². The third-order valence-corrected chi connectivity index (χ3v) is 4.01. The molecule has 0 aromatic carbocycles. The molecule has 0 fully saturated rings. The van der Waals surface area contributed by atoms with Crippen molar-refractivity contribution in [2.75, 3.05) is 19.0 Å². The summed E-state index contributed by atoms with van der Waals surface area (Å²) in [5.74, 6) is -0.208. The number of thioether (sulfide) groups is 1. The molecule has 1 heterocycles. The fourth-order valence-electron chi connectivity index (χ4n) is 1.25. The summed E-state index contributed by atoms with van der Waals surface area (Å²) in [6.07, 6.45) is -0.269. The van der Waals surface area contributed by atoms with Crippen molar-refractivity contribution in [3.8, 4) is 0 Å². The van der Waals surface area contributed by atoms with Crippen molar-refractivity contribution < 1.29 is 19.4 Å². The van der Waals surface area contributed by atoms with Crippen molar-refractivity contribution in [2.45, 2.75) is 30.9 Å². The number of rotatable bonds is 9. The number of carboxylic acid groups (broad SMARTS) is 1. The maximum absolute atomic E-state index is 10.5. The van der Waals surface area contributed by atoms with Crippen LogP contribution < -0.4 is 0 Å². The first-order chi connectivity index (χ1) is 8.65. The van der Waals surface area contributed by atoms with Gasteiger partial charge in [-0.15, -0.1) is 11.3 Å². The van der Waals surface area contributed by atoms with E-state index < -0.39 is 5.97 Å². The van der Waals surface area contributed by atoms with Crippen molar-refractivity contribution in [1.29, 1.82) is 0 Å². The summed E-state index contributed by atoms with van der Waals surface area (Å²) in [5.41, 5.74) is 0.597. The predicted molar refractivity (Wildman–Crippen MR) is 71.2 cm³/mol. The van der Waals surface area contributed by atoms with Gasteiger partial charge < -0.3 is 14.6 Å². The minimum atomic E-state index is -0.863. The molecule has 1 aromatic heterocycles. The maximum Gasteiger partial charge on any atom is 0.309 e. The zero-order valence-corrected chi connectivity index (χ0v) is 12.1. The Kier molecular flexibility index (Phi) is 7.26. The first-order valence-electron chi connectivity index (χ1n) is 5.67. The van der Waals surface area contributed by atoms with E-state index in [0.29, 0.717) is 24.7 Å². The summed E-state index contributed by atoms with van der Waals surface area (Å²) >= 11 is 2.97. The summed E-state index contributed by atoms with van der Waals surface area (Å²) in [7, 11) is 0. The molecule has 102 valence electrons.